The van der Waals surface area contributed by atoms with Crippen molar-refractivity contribution in [1.82, 2.24) is 14.1 Å². The van der Waals surface area contributed by atoms with Crippen LogP contribution in [0.15, 0.2) is 70.5 Å². The molecule has 0 fully saturated rings. The molecular weight excluding hydrogens is 534 g/mol. The molecule has 38 heavy (non-hydrogen) atoms. The van der Waals surface area contributed by atoms with Crippen LogP contribution in [0.25, 0.3) is 5.69 Å². The molecule has 4 rings (SSSR count). The molecule has 0 spiro atoms. The quantitative estimate of drug-likeness (QED) is 0.333. The van der Waals surface area contributed by atoms with Gasteiger partial charge in [0.05, 0.1) is 12.2 Å². The molecule has 0 atom stereocenters. The van der Waals surface area contributed by atoms with Crippen LogP contribution in [0.4, 0.5) is 29.1 Å². The summed E-state index contributed by atoms with van der Waals surface area (Å²) in [5.74, 6) is -3.01. The fourth-order valence-electron chi connectivity index (χ4n) is 3.35. The first-order valence-corrected chi connectivity index (χ1v) is 11.0. The first kappa shape index (κ1) is 26.4. The highest BCUT2D eigenvalue weighted by Crippen LogP contribution is 2.33. The van der Waals surface area contributed by atoms with E-state index in [0.29, 0.717) is 15.3 Å². The summed E-state index contributed by atoms with van der Waals surface area (Å²) < 4.78 is 60.5. The summed E-state index contributed by atoms with van der Waals surface area (Å²) in [4.78, 5) is 42.4. The van der Waals surface area contributed by atoms with Crippen molar-refractivity contribution in [3.8, 4) is 17.2 Å². The molecule has 0 radical (unpaired) electrons. The van der Waals surface area contributed by atoms with Gasteiger partial charge in [0.25, 0.3) is 17.9 Å². The second kappa shape index (κ2) is 10.8. The number of pyridine rings is 1. The molecule has 3 N–H and O–H groups in total. The van der Waals surface area contributed by atoms with Crippen LogP contribution in [0.5, 0.6) is 11.5 Å². The summed E-state index contributed by atoms with van der Waals surface area (Å²) in [5, 5.41) is 2.23. The molecule has 2 aromatic carbocycles. The number of nitrogens with one attached hydrogen (secondary N) is 1. The number of carbonyl (C=O) groups excluding carboxylic acids is 1. The number of ether oxygens (including phenoxy) is 1. The number of aromatic nitrogens is 3. The molecule has 0 saturated heterocycles. The smallest absolute Gasteiger partial charge is 0.335 e. The second-order valence-electron chi connectivity index (χ2n) is 7.70. The Kier molecular flexibility index (Phi) is 7.48. The Morgan fingerprint density at radius 1 is 1.08 bits per heavy atom. The summed E-state index contributed by atoms with van der Waals surface area (Å²) >= 11 is 5.99. The number of benzene rings is 2. The molecule has 196 valence electrons. The van der Waals surface area contributed by atoms with Crippen molar-refractivity contribution in [1.29, 1.82) is 0 Å². The van der Waals surface area contributed by atoms with E-state index in [-0.39, 0.29) is 33.7 Å². The van der Waals surface area contributed by atoms with E-state index in [0.717, 1.165) is 36.4 Å². The van der Waals surface area contributed by atoms with Crippen LogP contribution in [0.1, 0.15) is 10.4 Å². The number of nitrogen functional groups attached to an aromatic ring is 1. The van der Waals surface area contributed by atoms with E-state index in [1.807, 2.05) is 0 Å². The van der Waals surface area contributed by atoms with Gasteiger partial charge in [-0.25, -0.2) is 31.9 Å². The van der Waals surface area contributed by atoms with Crippen molar-refractivity contribution in [3.05, 3.63) is 104 Å². The maximum absolute atomic E-state index is 14.7. The van der Waals surface area contributed by atoms with Gasteiger partial charge in [-0.1, -0.05) is 11.6 Å². The van der Waals surface area contributed by atoms with Crippen molar-refractivity contribution in [2.24, 2.45) is 0 Å². The Bertz CT molecular complexity index is 1640. The SMILES string of the molecule is Nc1nccc(Oc2ccc(NC(=O)c3cn(CC(F)F)c(=O)n(-c4ccc(F)cc4)c3=O)cc2F)c1Cl. The van der Waals surface area contributed by atoms with Gasteiger partial charge in [0.15, 0.2) is 17.3 Å². The summed E-state index contributed by atoms with van der Waals surface area (Å²) in [6.07, 6.45) is -1.01. The lowest BCUT2D eigenvalue weighted by molar-refractivity contribution is 0.101. The van der Waals surface area contributed by atoms with Gasteiger partial charge in [-0.3, -0.25) is 14.2 Å². The van der Waals surface area contributed by atoms with Crippen molar-refractivity contribution in [2.45, 2.75) is 13.0 Å². The van der Waals surface area contributed by atoms with Gasteiger partial charge in [0.1, 0.15) is 22.2 Å². The molecule has 1 amide bonds. The largest absolute Gasteiger partial charge is 0.453 e. The molecule has 0 aliphatic rings. The van der Waals surface area contributed by atoms with E-state index in [1.54, 1.807) is 0 Å². The molecule has 2 heterocycles. The number of hydrogen-bond acceptors (Lipinski definition) is 6. The zero-order valence-corrected chi connectivity index (χ0v) is 19.8. The van der Waals surface area contributed by atoms with Gasteiger partial charge in [-0.2, -0.15) is 0 Å². The van der Waals surface area contributed by atoms with Gasteiger partial charge >= 0.3 is 5.69 Å². The normalized spacial score (nSPS) is 11.0. The Morgan fingerprint density at radius 3 is 2.45 bits per heavy atom. The fourth-order valence-corrected chi connectivity index (χ4v) is 3.50. The number of alkyl halides is 2. The molecule has 14 heteroatoms. The minimum Gasteiger partial charge on any atom is -0.453 e. The standard InChI is InChI=1S/C24H16ClF4N5O4/c25-20-18(7-8-31-21(20)30)38-17-6-3-13(9-16(17)27)32-22(35)15-10-33(11-19(28)29)24(37)34(23(15)36)14-4-1-12(26)2-5-14/h1-10,19H,11H2,(H2,30,31)(H,32,35). The van der Waals surface area contributed by atoms with Crippen molar-refractivity contribution in [2.75, 3.05) is 11.1 Å². The van der Waals surface area contributed by atoms with E-state index in [9.17, 15) is 31.9 Å². The van der Waals surface area contributed by atoms with Crippen LogP contribution in [-0.2, 0) is 6.54 Å². The van der Waals surface area contributed by atoms with E-state index in [4.69, 9.17) is 22.1 Å². The highest BCUT2D eigenvalue weighted by atomic mass is 35.5. The highest BCUT2D eigenvalue weighted by molar-refractivity contribution is 6.34. The Balaban J connectivity index is 1.67. The van der Waals surface area contributed by atoms with E-state index < -0.39 is 47.3 Å². The molecule has 4 aromatic rings. The number of nitrogens with zero attached hydrogens (tertiary/aromatic N) is 3. The van der Waals surface area contributed by atoms with Crippen LogP contribution in [0.2, 0.25) is 5.02 Å². The van der Waals surface area contributed by atoms with Gasteiger partial charge in [-0.15, -0.1) is 0 Å². The minimum absolute atomic E-state index is 0.0254. The average Bonchev–Trinajstić information content (AvgIpc) is 2.86. The number of hydrogen-bond donors (Lipinski definition) is 2. The molecule has 0 bridgehead atoms. The van der Waals surface area contributed by atoms with E-state index >= 15 is 0 Å². The first-order valence-electron chi connectivity index (χ1n) is 10.6. The molecule has 2 aromatic heterocycles. The molecule has 0 aliphatic carbocycles. The zero-order chi connectivity index (χ0) is 27.6. The maximum Gasteiger partial charge on any atom is 0.335 e. The number of rotatable bonds is 7. The monoisotopic (exact) mass is 549 g/mol. The lowest BCUT2D eigenvalue weighted by Gasteiger charge is -2.14. The Morgan fingerprint density at radius 2 is 1.79 bits per heavy atom. The second-order valence-corrected chi connectivity index (χ2v) is 8.07. The van der Waals surface area contributed by atoms with Gasteiger partial charge in [0.2, 0.25) is 0 Å². The van der Waals surface area contributed by atoms with Crippen LogP contribution in [0.3, 0.4) is 0 Å². The first-order chi connectivity index (χ1) is 18.0. The van der Waals surface area contributed by atoms with Crippen molar-refractivity contribution in [3.63, 3.8) is 0 Å². The third-order valence-electron chi connectivity index (χ3n) is 5.11. The number of halogens is 5. The fraction of sp³-hybridized carbons (Fsp3) is 0.0833. The topological polar surface area (TPSA) is 121 Å². The van der Waals surface area contributed by atoms with Crippen LogP contribution in [-0.4, -0.2) is 26.5 Å². The lowest BCUT2D eigenvalue weighted by atomic mass is 10.2. The van der Waals surface area contributed by atoms with Crippen molar-refractivity contribution < 1.29 is 27.1 Å². The predicted octanol–water partition coefficient (Wildman–Crippen LogP) is 4.22. The van der Waals surface area contributed by atoms with Crippen LogP contribution < -0.4 is 27.0 Å². The number of nitrogens with two attached hydrogens (primary N) is 1. The van der Waals surface area contributed by atoms with Crippen LogP contribution >= 0.6 is 11.6 Å². The van der Waals surface area contributed by atoms with Gasteiger partial charge in [0, 0.05) is 30.2 Å². The molecule has 0 unspecified atom stereocenters. The number of carbonyl (C=O) groups is 1. The summed E-state index contributed by atoms with van der Waals surface area (Å²) in [6, 6.07) is 8.67. The molecular formula is C24H16ClF4N5O4. The van der Waals surface area contributed by atoms with Crippen molar-refractivity contribution >= 4 is 29.0 Å². The van der Waals surface area contributed by atoms with E-state index in [2.05, 4.69) is 10.3 Å². The number of amides is 1. The Labute approximate surface area is 215 Å². The van der Waals surface area contributed by atoms with Gasteiger partial charge in [-0.05, 0) is 36.4 Å². The minimum atomic E-state index is -2.99. The molecule has 0 aliphatic heterocycles. The van der Waals surface area contributed by atoms with E-state index in [1.165, 1.54) is 18.3 Å². The summed E-state index contributed by atoms with van der Waals surface area (Å²) in [7, 11) is 0. The number of anilines is 2. The third-order valence-corrected chi connectivity index (χ3v) is 5.49. The average molecular weight is 550 g/mol. The lowest BCUT2D eigenvalue weighted by Crippen LogP contribution is -2.43. The summed E-state index contributed by atoms with van der Waals surface area (Å²) in [5.41, 5.74) is 2.29. The highest BCUT2D eigenvalue weighted by Gasteiger charge is 2.21. The Hall–Kier alpha value is -4.65. The zero-order valence-electron chi connectivity index (χ0n) is 19.0. The third kappa shape index (κ3) is 5.52. The molecule has 0 saturated carbocycles. The predicted molar refractivity (Wildman–Crippen MR) is 130 cm³/mol. The molecule has 9 nitrogen and oxygen atoms in total. The maximum atomic E-state index is 14.7. The summed E-state index contributed by atoms with van der Waals surface area (Å²) in [6.45, 7) is -1.12. The van der Waals surface area contributed by atoms with Crippen LogP contribution in [0, 0.1) is 11.6 Å². The van der Waals surface area contributed by atoms with Gasteiger partial charge < -0.3 is 15.8 Å².